The average Bonchev–Trinajstić information content (AvgIpc) is 2.46. The number of rotatable bonds is 6. The van der Waals surface area contributed by atoms with Crippen molar-refractivity contribution in [2.24, 2.45) is 0 Å². The van der Waals surface area contributed by atoms with Gasteiger partial charge in [-0.1, -0.05) is 19.1 Å². The number of benzene rings is 1. The maximum absolute atomic E-state index is 5.71. The van der Waals surface area contributed by atoms with Crippen molar-refractivity contribution < 1.29 is 4.74 Å². The van der Waals surface area contributed by atoms with Gasteiger partial charge in [0.2, 0.25) is 0 Å². The fraction of sp³-hybridized carbons (Fsp3) is 0.389. The first-order chi connectivity index (χ1) is 10.1. The Morgan fingerprint density at radius 3 is 2.43 bits per heavy atom. The van der Waals surface area contributed by atoms with Gasteiger partial charge in [-0.05, 0) is 62.2 Å². The molecule has 1 atom stereocenters. The van der Waals surface area contributed by atoms with Crippen LogP contribution in [0.2, 0.25) is 0 Å². The molecule has 2 aromatic rings. The number of aryl methyl sites for hydroxylation is 1. The molecule has 0 saturated carbocycles. The standard InChI is InChI=1S/C18H24N2O/c1-5-20-18(17-12-19-11-10-14(17)4)15-6-8-16(9-7-15)21-13(2)3/h6-13,18,20H,5H2,1-4H3. The van der Waals surface area contributed by atoms with Gasteiger partial charge in [0.05, 0.1) is 12.1 Å². The molecule has 0 spiro atoms. The molecule has 3 heteroatoms. The van der Waals surface area contributed by atoms with Gasteiger partial charge in [0.15, 0.2) is 0 Å². The van der Waals surface area contributed by atoms with E-state index in [0.717, 1.165) is 12.3 Å². The highest BCUT2D eigenvalue weighted by Gasteiger charge is 2.15. The van der Waals surface area contributed by atoms with Gasteiger partial charge in [-0.3, -0.25) is 4.98 Å². The first kappa shape index (κ1) is 15.5. The molecule has 1 N–H and O–H groups in total. The molecule has 0 aliphatic rings. The Labute approximate surface area is 127 Å². The Morgan fingerprint density at radius 2 is 1.86 bits per heavy atom. The number of nitrogens with zero attached hydrogens (tertiary/aromatic N) is 1. The molecule has 0 saturated heterocycles. The Kier molecular flexibility index (Phi) is 5.34. The van der Waals surface area contributed by atoms with Crippen molar-refractivity contribution >= 4 is 0 Å². The zero-order valence-electron chi connectivity index (χ0n) is 13.3. The molecule has 0 fully saturated rings. The molecule has 112 valence electrons. The minimum atomic E-state index is 0.164. The van der Waals surface area contributed by atoms with E-state index in [1.807, 2.05) is 38.4 Å². The summed E-state index contributed by atoms with van der Waals surface area (Å²) in [6, 6.07) is 10.5. The number of aromatic nitrogens is 1. The summed E-state index contributed by atoms with van der Waals surface area (Å²) >= 11 is 0. The molecule has 3 nitrogen and oxygen atoms in total. The van der Waals surface area contributed by atoms with E-state index in [0.29, 0.717) is 0 Å². The molecular weight excluding hydrogens is 260 g/mol. The van der Waals surface area contributed by atoms with Crippen molar-refractivity contribution in [1.82, 2.24) is 10.3 Å². The van der Waals surface area contributed by atoms with Crippen LogP contribution >= 0.6 is 0 Å². The van der Waals surface area contributed by atoms with E-state index in [2.05, 4.69) is 42.3 Å². The second-order valence-electron chi connectivity index (χ2n) is 5.46. The second-order valence-corrected chi connectivity index (χ2v) is 5.46. The van der Waals surface area contributed by atoms with Crippen LogP contribution in [-0.2, 0) is 0 Å². The minimum absolute atomic E-state index is 0.164. The topological polar surface area (TPSA) is 34.1 Å². The molecule has 2 rings (SSSR count). The molecule has 1 aromatic carbocycles. The van der Waals surface area contributed by atoms with E-state index in [1.54, 1.807) is 0 Å². The molecular formula is C18H24N2O. The van der Waals surface area contributed by atoms with E-state index >= 15 is 0 Å². The van der Waals surface area contributed by atoms with Crippen LogP contribution in [0.15, 0.2) is 42.7 Å². The monoisotopic (exact) mass is 284 g/mol. The smallest absolute Gasteiger partial charge is 0.119 e. The van der Waals surface area contributed by atoms with Gasteiger partial charge in [-0.25, -0.2) is 0 Å². The van der Waals surface area contributed by atoms with Crippen LogP contribution in [-0.4, -0.2) is 17.6 Å². The van der Waals surface area contributed by atoms with E-state index in [1.165, 1.54) is 16.7 Å². The number of hydrogen-bond acceptors (Lipinski definition) is 3. The third-order valence-corrected chi connectivity index (χ3v) is 3.38. The number of ether oxygens (including phenoxy) is 1. The molecule has 1 unspecified atom stereocenters. The molecule has 1 heterocycles. The van der Waals surface area contributed by atoms with Gasteiger partial charge >= 0.3 is 0 Å². The second kappa shape index (κ2) is 7.23. The van der Waals surface area contributed by atoms with Crippen LogP contribution in [0.4, 0.5) is 0 Å². The fourth-order valence-electron chi connectivity index (χ4n) is 2.40. The molecule has 0 aliphatic carbocycles. The van der Waals surface area contributed by atoms with Crippen molar-refractivity contribution in [3.8, 4) is 5.75 Å². The first-order valence-corrected chi connectivity index (χ1v) is 7.52. The maximum Gasteiger partial charge on any atom is 0.119 e. The van der Waals surface area contributed by atoms with Crippen LogP contribution in [0.25, 0.3) is 0 Å². The van der Waals surface area contributed by atoms with Crippen molar-refractivity contribution in [3.05, 3.63) is 59.4 Å². The third-order valence-electron chi connectivity index (χ3n) is 3.38. The van der Waals surface area contributed by atoms with Crippen LogP contribution < -0.4 is 10.1 Å². The number of hydrogen-bond donors (Lipinski definition) is 1. The molecule has 0 bridgehead atoms. The third kappa shape index (κ3) is 4.05. The first-order valence-electron chi connectivity index (χ1n) is 7.52. The van der Waals surface area contributed by atoms with Crippen LogP contribution in [0.1, 0.15) is 43.5 Å². The summed E-state index contributed by atoms with van der Waals surface area (Å²) in [4.78, 5) is 4.27. The highest BCUT2D eigenvalue weighted by molar-refractivity contribution is 5.37. The highest BCUT2D eigenvalue weighted by Crippen LogP contribution is 2.26. The SMILES string of the molecule is CCNC(c1ccc(OC(C)C)cc1)c1cnccc1C. The lowest BCUT2D eigenvalue weighted by molar-refractivity contribution is 0.242. The van der Waals surface area contributed by atoms with E-state index in [4.69, 9.17) is 4.74 Å². The quantitative estimate of drug-likeness (QED) is 0.874. The van der Waals surface area contributed by atoms with E-state index in [9.17, 15) is 0 Å². The summed E-state index contributed by atoms with van der Waals surface area (Å²) in [5, 5.41) is 3.54. The van der Waals surface area contributed by atoms with Crippen molar-refractivity contribution in [2.45, 2.75) is 39.8 Å². The Bertz CT molecular complexity index is 564. The Morgan fingerprint density at radius 1 is 1.14 bits per heavy atom. The van der Waals surface area contributed by atoms with Gasteiger partial charge in [0.1, 0.15) is 5.75 Å². The van der Waals surface area contributed by atoms with Gasteiger partial charge in [0.25, 0.3) is 0 Å². The summed E-state index contributed by atoms with van der Waals surface area (Å²) in [5.74, 6) is 0.909. The van der Waals surface area contributed by atoms with E-state index in [-0.39, 0.29) is 12.1 Å². The maximum atomic E-state index is 5.71. The predicted molar refractivity (Wildman–Crippen MR) is 86.7 cm³/mol. The summed E-state index contributed by atoms with van der Waals surface area (Å²) in [6.45, 7) is 9.22. The summed E-state index contributed by atoms with van der Waals surface area (Å²) in [5.41, 5.74) is 3.69. The van der Waals surface area contributed by atoms with Gasteiger partial charge in [-0.15, -0.1) is 0 Å². The number of nitrogens with one attached hydrogen (secondary N) is 1. The van der Waals surface area contributed by atoms with Crippen molar-refractivity contribution in [3.63, 3.8) is 0 Å². The summed E-state index contributed by atoms with van der Waals surface area (Å²) in [6.07, 6.45) is 3.98. The predicted octanol–water partition coefficient (Wildman–Crippen LogP) is 3.88. The molecule has 1 aromatic heterocycles. The summed E-state index contributed by atoms with van der Waals surface area (Å²) in [7, 11) is 0. The van der Waals surface area contributed by atoms with Crippen LogP contribution in [0.3, 0.4) is 0 Å². The Balaban J connectivity index is 2.28. The molecule has 0 aliphatic heterocycles. The van der Waals surface area contributed by atoms with Gasteiger partial charge in [0, 0.05) is 12.4 Å². The Hall–Kier alpha value is -1.87. The molecule has 0 radical (unpaired) electrons. The summed E-state index contributed by atoms with van der Waals surface area (Å²) < 4.78 is 5.71. The van der Waals surface area contributed by atoms with Gasteiger partial charge < -0.3 is 10.1 Å². The zero-order valence-corrected chi connectivity index (χ0v) is 13.3. The number of pyridine rings is 1. The van der Waals surface area contributed by atoms with Crippen LogP contribution in [0, 0.1) is 6.92 Å². The molecule has 0 amide bonds. The fourth-order valence-corrected chi connectivity index (χ4v) is 2.40. The zero-order chi connectivity index (χ0) is 15.2. The van der Waals surface area contributed by atoms with Crippen molar-refractivity contribution in [2.75, 3.05) is 6.54 Å². The normalized spacial score (nSPS) is 12.4. The lowest BCUT2D eigenvalue weighted by Crippen LogP contribution is -2.23. The average molecular weight is 284 g/mol. The lowest BCUT2D eigenvalue weighted by Gasteiger charge is -2.21. The highest BCUT2D eigenvalue weighted by atomic mass is 16.5. The van der Waals surface area contributed by atoms with E-state index < -0.39 is 0 Å². The largest absolute Gasteiger partial charge is 0.491 e. The van der Waals surface area contributed by atoms with Crippen LogP contribution in [0.5, 0.6) is 5.75 Å². The lowest BCUT2D eigenvalue weighted by atomic mass is 9.96. The van der Waals surface area contributed by atoms with Gasteiger partial charge in [-0.2, -0.15) is 0 Å². The van der Waals surface area contributed by atoms with Crippen molar-refractivity contribution in [1.29, 1.82) is 0 Å². The molecule has 21 heavy (non-hydrogen) atoms. The minimum Gasteiger partial charge on any atom is -0.491 e.